The van der Waals surface area contributed by atoms with Gasteiger partial charge in [0.05, 0.1) is 5.69 Å². The monoisotopic (exact) mass is 324 g/mol. The average molecular weight is 324 g/mol. The fraction of sp³-hybridized carbons (Fsp3) is 0.529. The smallest absolute Gasteiger partial charge is 0.408 e. The van der Waals surface area contributed by atoms with E-state index in [-0.39, 0.29) is 13.9 Å². The summed E-state index contributed by atoms with van der Waals surface area (Å²) in [6.07, 6.45) is -0.635. The Balaban J connectivity index is 0.00000170. The van der Waals surface area contributed by atoms with Gasteiger partial charge in [-0.25, -0.2) is 4.79 Å². The van der Waals surface area contributed by atoms with Crippen molar-refractivity contribution in [3.05, 3.63) is 24.3 Å². The number of amides is 2. The van der Waals surface area contributed by atoms with E-state index in [9.17, 15) is 9.59 Å². The van der Waals surface area contributed by atoms with Crippen molar-refractivity contribution < 1.29 is 20.5 Å². The molecule has 0 fully saturated rings. The quantitative estimate of drug-likeness (QED) is 0.861. The van der Waals surface area contributed by atoms with Crippen molar-refractivity contribution in [2.45, 2.75) is 46.3 Å². The molecule has 6 heteroatoms. The normalized spacial score (nSPS) is 17.0. The van der Waals surface area contributed by atoms with Gasteiger partial charge in [-0.15, -0.1) is 0 Å². The van der Waals surface area contributed by atoms with Crippen LogP contribution in [0.3, 0.4) is 0 Å². The second kappa shape index (κ2) is 7.85. The van der Waals surface area contributed by atoms with Crippen LogP contribution < -0.4 is 15.0 Å². The number of ether oxygens (including phenoxy) is 2. The first-order valence-corrected chi connectivity index (χ1v) is 7.77. The summed E-state index contributed by atoms with van der Waals surface area (Å²) in [5.74, 6) is 0.368. The van der Waals surface area contributed by atoms with Crippen LogP contribution in [0.1, 0.15) is 36.0 Å². The molecule has 23 heavy (non-hydrogen) atoms. The summed E-state index contributed by atoms with van der Waals surface area (Å²) in [6, 6.07) is 6.46. The first kappa shape index (κ1) is 18.8. The number of benzene rings is 1. The van der Waals surface area contributed by atoms with Crippen LogP contribution in [-0.4, -0.2) is 37.3 Å². The lowest BCUT2D eigenvalue weighted by Crippen LogP contribution is -2.50. The summed E-state index contributed by atoms with van der Waals surface area (Å²) in [4.78, 5) is 25.7. The van der Waals surface area contributed by atoms with Gasteiger partial charge in [-0.2, -0.15) is 0 Å². The Hall–Kier alpha value is -2.24. The molecule has 6 nitrogen and oxygen atoms in total. The molecule has 0 bridgehead atoms. The van der Waals surface area contributed by atoms with Crippen LogP contribution >= 0.6 is 0 Å². The van der Waals surface area contributed by atoms with Crippen molar-refractivity contribution in [2.24, 2.45) is 0 Å². The van der Waals surface area contributed by atoms with Crippen LogP contribution in [0.5, 0.6) is 5.75 Å². The Morgan fingerprint density at radius 2 is 1.96 bits per heavy atom. The number of para-hydroxylation sites is 2. The standard InChI is InChI=1S/C15H20N2O4.C2H6.H2/c1-15(2,3)21-14(19)16-10-9-20-12-8-6-5-7-11(12)17(4)13(10)18;1-2;/h5-8,10H,9H2,1-4H3,(H,16,19);1-2H3;1H/t10-;;/m0../s1. The number of nitrogens with zero attached hydrogens (tertiary/aromatic N) is 1. The second-order valence-electron chi connectivity index (χ2n) is 5.87. The van der Waals surface area contributed by atoms with Crippen molar-refractivity contribution >= 4 is 17.7 Å². The Kier molecular flexibility index (Phi) is 6.42. The molecule has 1 aromatic carbocycles. The maximum Gasteiger partial charge on any atom is 0.408 e. The van der Waals surface area contributed by atoms with E-state index in [4.69, 9.17) is 9.47 Å². The lowest BCUT2D eigenvalue weighted by Gasteiger charge is -2.23. The third-order valence-electron chi connectivity index (χ3n) is 2.95. The molecule has 1 aliphatic rings. The third-order valence-corrected chi connectivity index (χ3v) is 2.95. The van der Waals surface area contributed by atoms with E-state index in [0.717, 1.165) is 0 Å². The number of alkyl carbamates (subject to hydrolysis) is 1. The number of carbonyl (C=O) groups excluding carboxylic acids is 2. The van der Waals surface area contributed by atoms with Gasteiger partial charge in [-0.3, -0.25) is 4.79 Å². The first-order valence-electron chi connectivity index (χ1n) is 7.77. The van der Waals surface area contributed by atoms with Gasteiger partial charge in [-0.05, 0) is 32.9 Å². The Morgan fingerprint density at radius 1 is 1.35 bits per heavy atom. The highest BCUT2D eigenvalue weighted by molar-refractivity contribution is 6.00. The highest BCUT2D eigenvalue weighted by Gasteiger charge is 2.31. The van der Waals surface area contributed by atoms with Gasteiger partial charge in [0.25, 0.3) is 5.91 Å². The predicted molar refractivity (Wildman–Crippen MR) is 92.0 cm³/mol. The topological polar surface area (TPSA) is 67.9 Å². The zero-order chi connectivity index (χ0) is 17.6. The van der Waals surface area contributed by atoms with Gasteiger partial charge < -0.3 is 19.7 Å². The number of hydrogen-bond acceptors (Lipinski definition) is 4. The number of nitrogens with one attached hydrogen (secondary N) is 1. The molecule has 130 valence electrons. The average Bonchev–Trinajstić information content (AvgIpc) is 2.60. The first-order chi connectivity index (χ1) is 10.8. The van der Waals surface area contributed by atoms with Gasteiger partial charge >= 0.3 is 6.09 Å². The molecule has 1 N–H and O–H groups in total. The van der Waals surface area contributed by atoms with Crippen LogP contribution in [0.15, 0.2) is 24.3 Å². The largest absolute Gasteiger partial charge is 0.489 e. The fourth-order valence-corrected chi connectivity index (χ4v) is 2.01. The number of hydrogen-bond donors (Lipinski definition) is 1. The van der Waals surface area contributed by atoms with E-state index < -0.39 is 17.7 Å². The van der Waals surface area contributed by atoms with Gasteiger partial charge in [0.2, 0.25) is 0 Å². The minimum absolute atomic E-state index is 0. The maximum absolute atomic E-state index is 12.4. The Bertz CT molecular complexity index is 558. The van der Waals surface area contributed by atoms with E-state index in [1.807, 2.05) is 26.0 Å². The van der Waals surface area contributed by atoms with E-state index in [1.54, 1.807) is 40.0 Å². The van der Waals surface area contributed by atoms with Crippen LogP contribution in [-0.2, 0) is 9.53 Å². The van der Waals surface area contributed by atoms with Crippen LogP contribution in [0.4, 0.5) is 10.5 Å². The van der Waals surface area contributed by atoms with Gasteiger partial charge in [0, 0.05) is 8.47 Å². The molecule has 0 aromatic heterocycles. The van der Waals surface area contributed by atoms with E-state index >= 15 is 0 Å². The second-order valence-corrected chi connectivity index (χ2v) is 5.87. The number of likely N-dealkylation sites (N-methyl/N-ethyl adjacent to an activating group) is 1. The predicted octanol–water partition coefficient (Wildman–Crippen LogP) is 3.21. The van der Waals surface area contributed by atoms with Gasteiger partial charge in [0.15, 0.2) is 0 Å². The lowest BCUT2D eigenvalue weighted by atomic mass is 10.2. The van der Waals surface area contributed by atoms with Crippen LogP contribution in [0, 0.1) is 0 Å². The SMILES string of the molecule is CC.CN1C(=O)[C@@H](NC(=O)OC(C)(C)C)COc2ccccc21.[HH]. The molecule has 0 spiro atoms. The summed E-state index contributed by atoms with van der Waals surface area (Å²) in [5, 5.41) is 2.55. The molecule has 0 saturated heterocycles. The van der Waals surface area contributed by atoms with Crippen molar-refractivity contribution in [1.82, 2.24) is 5.32 Å². The molecule has 0 unspecified atom stereocenters. The third kappa shape index (κ3) is 5.16. The van der Waals surface area contributed by atoms with E-state index in [1.165, 1.54) is 4.90 Å². The molecule has 1 atom stereocenters. The van der Waals surface area contributed by atoms with Crippen molar-refractivity contribution in [3.8, 4) is 5.75 Å². The Morgan fingerprint density at radius 3 is 2.57 bits per heavy atom. The molecule has 1 aromatic rings. The van der Waals surface area contributed by atoms with Gasteiger partial charge in [-0.1, -0.05) is 26.0 Å². The highest BCUT2D eigenvalue weighted by atomic mass is 16.6. The van der Waals surface area contributed by atoms with Crippen molar-refractivity contribution in [2.75, 3.05) is 18.6 Å². The highest BCUT2D eigenvalue weighted by Crippen LogP contribution is 2.29. The number of carbonyl (C=O) groups is 2. The minimum atomic E-state index is -0.780. The molecule has 0 saturated carbocycles. The lowest BCUT2D eigenvalue weighted by molar-refractivity contribution is -0.120. The van der Waals surface area contributed by atoms with Crippen LogP contribution in [0.25, 0.3) is 0 Å². The Labute approximate surface area is 139 Å². The summed E-state index contributed by atoms with van der Waals surface area (Å²) < 4.78 is 10.8. The number of anilines is 1. The summed E-state index contributed by atoms with van der Waals surface area (Å²) in [5.41, 5.74) is 0.0594. The van der Waals surface area contributed by atoms with E-state index in [2.05, 4.69) is 5.32 Å². The summed E-state index contributed by atoms with van der Waals surface area (Å²) >= 11 is 0. The molecule has 0 aliphatic carbocycles. The summed E-state index contributed by atoms with van der Waals surface area (Å²) in [6.45, 7) is 9.36. The molecular formula is C17H28N2O4. The van der Waals surface area contributed by atoms with E-state index in [0.29, 0.717) is 11.4 Å². The molecule has 1 heterocycles. The van der Waals surface area contributed by atoms with Crippen molar-refractivity contribution in [3.63, 3.8) is 0 Å². The molecule has 2 amide bonds. The molecule has 0 radical (unpaired) electrons. The number of rotatable bonds is 1. The van der Waals surface area contributed by atoms with Gasteiger partial charge in [0.1, 0.15) is 24.0 Å². The van der Waals surface area contributed by atoms with Crippen molar-refractivity contribution in [1.29, 1.82) is 0 Å². The summed E-state index contributed by atoms with van der Waals surface area (Å²) in [7, 11) is 1.65. The zero-order valence-electron chi connectivity index (χ0n) is 14.7. The zero-order valence-corrected chi connectivity index (χ0v) is 14.7. The molecule has 1 aliphatic heterocycles. The fourth-order valence-electron chi connectivity index (χ4n) is 2.01. The molecule has 2 rings (SSSR count). The minimum Gasteiger partial charge on any atom is -0.489 e. The molecular weight excluding hydrogens is 296 g/mol. The van der Waals surface area contributed by atoms with Crippen LogP contribution in [0.2, 0.25) is 0 Å². The number of fused-ring (bicyclic) bond motifs is 1. The maximum atomic E-state index is 12.4.